The standard InChI is InChI=1S/C24H19F3O3/c25-24(26,27)21-11-9-17(10-12-21)5-3-13-30-22-8-2-7-20(16-22)19-6-1-4-18(14-19)15-23(28)29/h1-12,14,16H,13,15H2,(H,28,29)/b5-3+. The summed E-state index contributed by atoms with van der Waals surface area (Å²) in [7, 11) is 0. The van der Waals surface area contributed by atoms with Gasteiger partial charge in [0.2, 0.25) is 0 Å². The highest BCUT2D eigenvalue weighted by molar-refractivity contribution is 5.72. The quantitative estimate of drug-likeness (QED) is 0.511. The van der Waals surface area contributed by atoms with Gasteiger partial charge in [-0.3, -0.25) is 4.79 Å². The molecule has 30 heavy (non-hydrogen) atoms. The first-order valence-electron chi connectivity index (χ1n) is 9.19. The molecule has 154 valence electrons. The Kier molecular flexibility index (Phi) is 6.57. The van der Waals surface area contributed by atoms with Crippen molar-refractivity contribution in [2.75, 3.05) is 6.61 Å². The molecule has 3 rings (SSSR count). The van der Waals surface area contributed by atoms with E-state index in [1.807, 2.05) is 36.4 Å². The lowest BCUT2D eigenvalue weighted by molar-refractivity contribution is -0.138. The van der Waals surface area contributed by atoms with Gasteiger partial charge >= 0.3 is 12.1 Å². The smallest absolute Gasteiger partial charge is 0.416 e. The summed E-state index contributed by atoms with van der Waals surface area (Å²) in [6.45, 7) is 0.254. The Morgan fingerprint density at radius 3 is 2.27 bits per heavy atom. The number of benzene rings is 3. The highest BCUT2D eigenvalue weighted by Crippen LogP contribution is 2.29. The molecule has 0 heterocycles. The summed E-state index contributed by atoms with van der Waals surface area (Å²) in [5, 5.41) is 8.95. The van der Waals surface area contributed by atoms with E-state index in [0.29, 0.717) is 16.9 Å². The molecule has 0 saturated carbocycles. The first-order valence-corrected chi connectivity index (χ1v) is 9.19. The molecule has 3 aromatic carbocycles. The largest absolute Gasteiger partial charge is 0.490 e. The van der Waals surface area contributed by atoms with Crippen molar-refractivity contribution in [2.24, 2.45) is 0 Å². The van der Waals surface area contributed by atoms with Crippen LogP contribution >= 0.6 is 0 Å². The molecule has 0 fully saturated rings. The number of rotatable bonds is 7. The van der Waals surface area contributed by atoms with E-state index in [4.69, 9.17) is 9.84 Å². The fourth-order valence-corrected chi connectivity index (χ4v) is 2.91. The van der Waals surface area contributed by atoms with Crippen molar-refractivity contribution in [2.45, 2.75) is 12.6 Å². The fourth-order valence-electron chi connectivity index (χ4n) is 2.91. The topological polar surface area (TPSA) is 46.5 Å². The second kappa shape index (κ2) is 9.31. The van der Waals surface area contributed by atoms with Crippen LogP contribution in [-0.2, 0) is 17.4 Å². The Bertz CT molecular complexity index is 1040. The molecule has 0 aliphatic heterocycles. The van der Waals surface area contributed by atoms with E-state index in [9.17, 15) is 18.0 Å². The van der Waals surface area contributed by atoms with Crippen LogP contribution in [-0.4, -0.2) is 17.7 Å². The lowest BCUT2D eigenvalue weighted by atomic mass is 10.0. The molecule has 0 aliphatic rings. The van der Waals surface area contributed by atoms with Gasteiger partial charge in [0.15, 0.2) is 0 Å². The van der Waals surface area contributed by atoms with E-state index in [2.05, 4.69) is 0 Å². The normalized spacial score (nSPS) is 11.6. The zero-order chi connectivity index (χ0) is 21.6. The van der Waals surface area contributed by atoms with E-state index in [-0.39, 0.29) is 13.0 Å². The van der Waals surface area contributed by atoms with Gasteiger partial charge < -0.3 is 9.84 Å². The van der Waals surface area contributed by atoms with Gasteiger partial charge in [-0.25, -0.2) is 0 Å². The van der Waals surface area contributed by atoms with Crippen LogP contribution < -0.4 is 4.74 Å². The number of carbonyl (C=O) groups is 1. The molecule has 0 unspecified atom stereocenters. The predicted molar refractivity (Wildman–Crippen MR) is 109 cm³/mol. The van der Waals surface area contributed by atoms with Crippen molar-refractivity contribution < 1.29 is 27.8 Å². The summed E-state index contributed by atoms with van der Waals surface area (Å²) < 4.78 is 43.5. The van der Waals surface area contributed by atoms with Crippen LogP contribution in [0.5, 0.6) is 5.75 Å². The first-order chi connectivity index (χ1) is 14.3. The van der Waals surface area contributed by atoms with Crippen molar-refractivity contribution in [3.8, 4) is 16.9 Å². The average Bonchev–Trinajstić information content (AvgIpc) is 2.71. The second-order valence-electron chi connectivity index (χ2n) is 6.63. The van der Waals surface area contributed by atoms with Gasteiger partial charge in [-0.15, -0.1) is 0 Å². The Morgan fingerprint density at radius 1 is 0.933 bits per heavy atom. The van der Waals surface area contributed by atoms with E-state index in [1.54, 1.807) is 24.3 Å². The third-order valence-electron chi connectivity index (χ3n) is 4.34. The molecule has 0 bridgehead atoms. The molecule has 0 radical (unpaired) electrons. The predicted octanol–water partition coefficient (Wildman–Crippen LogP) is 6.09. The lowest BCUT2D eigenvalue weighted by Crippen LogP contribution is -2.03. The molecular formula is C24H19F3O3. The first kappa shape index (κ1) is 21.2. The van der Waals surface area contributed by atoms with Crippen LogP contribution in [0.2, 0.25) is 0 Å². The van der Waals surface area contributed by atoms with Gasteiger partial charge in [0.1, 0.15) is 12.4 Å². The van der Waals surface area contributed by atoms with Crippen LogP contribution in [0.4, 0.5) is 13.2 Å². The monoisotopic (exact) mass is 412 g/mol. The minimum atomic E-state index is -4.34. The van der Waals surface area contributed by atoms with Crippen molar-refractivity contribution in [3.63, 3.8) is 0 Å². The summed E-state index contributed by atoms with van der Waals surface area (Å²) in [6, 6.07) is 19.6. The van der Waals surface area contributed by atoms with Crippen molar-refractivity contribution >= 4 is 12.0 Å². The number of aliphatic carboxylic acids is 1. The fraction of sp³-hybridized carbons (Fsp3) is 0.125. The van der Waals surface area contributed by atoms with Crippen LogP contribution in [0.25, 0.3) is 17.2 Å². The van der Waals surface area contributed by atoms with Crippen LogP contribution in [0.1, 0.15) is 16.7 Å². The Labute approximate surface area is 172 Å². The molecule has 0 amide bonds. The summed E-state index contributed by atoms with van der Waals surface area (Å²) in [6.07, 6.45) is -0.968. The van der Waals surface area contributed by atoms with Crippen molar-refractivity contribution in [3.05, 3.63) is 95.6 Å². The number of alkyl halides is 3. The lowest BCUT2D eigenvalue weighted by Gasteiger charge is -2.08. The van der Waals surface area contributed by atoms with Crippen LogP contribution in [0, 0.1) is 0 Å². The van der Waals surface area contributed by atoms with Crippen molar-refractivity contribution in [1.29, 1.82) is 0 Å². The van der Waals surface area contributed by atoms with Crippen LogP contribution in [0.3, 0.4) is 0 Å². The Balaban J connectivity index is 1.62. The Morgan fingerprint density at radius 2 is 1.60 bits per heavy atom. The third kappa shape index (κ3) is 5.98. The Hall–Kier alpha value is -3.54. The molecule has 3 nitrogen and oxygen atoms in total. The number of carboxylic acid groups (broad SMARTS) is 1. The number of hydrogen-bond acceptors (Lipinski definition) is 2. The second-order valence-corrected chi connectivity index (χ2v) is 6.63. The van der Waals surface area contributed by atoms with Gasteiger partial charge in [-0.2, -0.15) is 13.2 Å². The summed E-state index contributed by atoms with van der Waals surface area (Å²) >= 11 is 0. The van der Waals surface area contributed by atoms with Gasteiger partial charge in [0.25, 0.3) is 0 Å². The van der Waals surface area contributed by atoms with Gasteiger partial charge in [0.05, 0.1) is 12.0 Å². The number of carboxylic acids is 1. The average molecular weight is 412 g/mol. The molecule has 0 atom stereocenters. The van der Waals surface area contributed by atoms with Crippen molar-refractivity contribution in [1.82, 2.24) is 0 Å². The van der Waals surface area contributed by atoms with Gasteiger partial charge in [0, 0.05) is 0 Å². The van der Waals surface area contributed by atoms with Gasteiger partial charge in [-0.05, 0) is 52.6 Å². The maximum atomic E-state index is 12.6. The van der Waals surface area contributed by atoms with E-state index in [0.717, 1.165) is 23.3 Å². The minimum Gasteiger partial charge on any atom is -0.490 e. The number of ether oxygens (including phenoxy) is 1. The maximum absolute atomic E-state index is 12.6. The molecular weight excluding hydrogens is 393 g/mol. The van der Waals surface area contributed by atoms with E-state index in [1.165, 1.54) is 12.1 Å². The molecule has 3 aromatic rings. The summed E-state index contributed by atoms with van der Waals surface area (Å²) in [4.78, 5) is 10.9. The summed E-state index contributed by atoms with van der Waals surface area (Å²) in [5.74, 6) is -0.253. The molecule has 1 N–H and O–H groups in total. The third-order valence-corrected chi connectivity index (χ3v) is 4.34. The molecule has 0 aromatic heterocycles. The zero-order valence-corrected chi connectivity index (χ0v) is 15.9. The van der Waals surface area contributed by atoms with E-state index >= 15 is 0 Å². The van der Waals surface area contributed by atoms with Gasteiger partial charge in [-0.1, -0.05) is 54.6 Å². The maximum Gasteiger partial charge on any atom is 0.416 e. The highest BCUT2D eigenvalue weighted by atomic mass is 19.4. The zero-order valence-electron chi connectivity index (χ0n) is 15.9. The minimum absolute atomic E-state index is 0.0429. The summed E-state index contributed by atoms with van der Waals surface area (Å²) in [5.41, 5.74) is 2.47. The molecule has 0 saturated heterocycles. The highest BCUT2D eigenvalue weighted by Gasteiger charge is 2.29. The molecule has 6 heteroatoms. The van der Waals surface area contributed by atoms with E-state index < -0.39 is 17.7 Å². The molecule has 0 spiro atoms. The molecule has 0 aliphatic carbocycles. The van der Waals surface area contributed by atoms with Crippen LogP contribution in [0.15, 0.2) is 78.9 Å². The number of halogens is 3. The number of hydrogen-bond donors (Lipinski definition) is 1. The SMILES string of the molecule is O=C(O)Cc1cccc(-c2cccc(OC/C=C/c3ccc(C(F)(F)F)cc3)c2)c1.